The molecule has 24 heavy (non-hydrogen) atoms. The number of ketones is 1. The largest absolute Gasteiger partial charge is 0.357 e. The predicted octanol–water partition coefficient (Wildman–Crippen LogP) is 3.43. The number of hydrogen-bond donors (Lipinski definition) is 2. The average Bonchev–Trinajstić information content (AvgIpc) is 3.26. The zero-order chi connectivity index (χ0) is 17.1. The Balaban J connectivity index is 1.53. The lowest BCUT2D eigenvalue weighted by molar-refractivity contribution is -0.115. The first kappa shape index (κ1) is 16.9. The van der Waals surface area contributed by atoms with Crippen LogP contribution in [0.15, 0.2) is 28.6 Å². The first-order valence-electron chi connectivity index (χ1n) is 7.70. The lowest BCUT2D eigenvalue weighted by Gasteiger charge is -2.10. The number of carbonyl (C=O) groups is 2. The van der Waals surface area contributed by atoms with Gasteiger partial charge in [0.25, 0.3) is 0 Å². The third-order valence-electron chi connectivity index (χ3n) is 3.52. The summed E-state index contributed by atoms with van der Waals surface area (Å²) in [5, 5.41) is 14.9. The second-order valence-corrected chi connectivity index (χ2v) is 8.24. The molecule has 2 N–H and O–H groups in total. The van der Waals surface area contributed by atoms with Crippen LogP contribution in [0, 0.1) is 0 Å². The number of hydrogen-bond acceptors (Lipinski definition) is 7. The highest BCUT2D eigenvalue weighted by atomic mass is 32.2. The zero-order valence-electron chi connectivity index (χ0n) is 13.4. The van der Waals surface area contributed by atoms with Crippen molar-refractivity contribution in [3.05, 3.63) is 29.8 Å². The van der Waals surface area contributed by atoms with E-state index in [0.29, 0.717) is 17.3 Å². The molecule has 0 saturated heterocycles. The Labute approximate surface area is 148 Å². The summed E-state index contributed by atoms with van der Waals surface area (Å²) in [5.74, 6) is -0.105. The van der Waals surface area contributed by atoms with Crippen molar-refractivity contribution in [2.24, 2.45) is 0 Å². The molecule has 1 aromatic carbocycles. The Bertz CT molecular complexity index is 741. The highest BCUT2D eigenvalue weighted by Crippen LogP contribution is 2.32. The van der Waals surface area contributed by atoms with Gasteiger partial charge in [-0.05, 0) is 51.0 Å². The summed E-state index contributed by atoms with van der Waals surface area (Å²) in [6.07, 6.45) is 2.37. The van der Waals surface area contributed by atoms with Crippen LogP contribution in [-0.4, -0.2) is 33.2 Å². The molecule has 1 aromatic heterocycles. The molecule has 1 fully saturated rings. The molecule has 0 spiro atoms. The summed E-state index contributed by atoms with van der Waals surface area (Å²) < 4.78 is 0.771. The number of rotatable bonds is 7. The van der Waals surface area contributed by atoms with Gasteiger partial charge in [0.15, 0.2) is 10.1 Å². The number of amides is 1. The van der Waals surface area contributed by atoms with Crippen molar-refractivity contribution in [3.63, 3.8) is 0 Å². The van der Waals surface area contributed by atoms with E-state index in [0.717, 1.165) is 9.47 Å². The predicted molar refractivity (Wildman–Crippen MR) is 96.9 cm³/mol. The SMILES string of the molecule is CC(=O)c1ccc(NC(=O)C(C)Sc2nnc(NC3CC3)s2)cc1. The van der Waals surface area contributed by atoms with Gasteiger partial charge in [-0.15, -0.1) is 10.2 Å². The van der Waals surface area contributed by atoms with Gasteiger partial charge in [0.05, 0.1) is 5.25 Å². The molecule has 1 unspecified atom stereocenters. The highest BCUT2D eigenvalue weighted by molar-refractivity contribution is 8.02. The number of anilines is 2. The molecule has 1 aliphatic carbocycles. The van der Waals surface area contributed by atoms with Gasteiger partial charge in [0.2, 0.25) is 11.0 Å². The molecule has 1 atom stereocenters. The van der Waals surface area contributed by atoms with Crippen LogP contribution in [-0.2, 0) is 4.79 Å². The van der Waals surface area contributed by atoms with Gasteiger partial charge >= 0.3 is 0 Å². The topological polar surface area (TPSA) is 84.0 Å². The molecular weight excluding hydrogens is 344 g/mol. The molecule has 6 nitrogen and oxygen atoms in total. The fourth-order valence-electron chi connectivity index (χ4n) is 1.95. The molecule has 1 amide bonds. The van der Waals surface area contributed by atoms with E-state index in [9.17, 15) is 9.59 Å². The van der Waals surface area contributed by atoms with E-state index in [1.807, 2.05) is 6.92 Å². The molecule has 0 radical (unpaired) electrons. The molecule has 8 heteroatoms. The van der Waals surface area contributed by atoms with Crippen LogP contribution in [0.2, 0.25) is 0 Å². The van der Waals surface area contributed by atoms with Crippen molar-refractivity contribution < 1.29 is 9.59 Å². The fraction of sp³-hybridized carbons (Fsp3) is 0.375. The maximum atomic E-state index is 12.3. The Kier molecular flexibility index (Phi) is 5.15. The third kappa shape index (κ3) is 4.55. The van der Waals surface area contributed by atoms with E-state index in [1.165, 1.54) is 42.9 Å². The number of benzene rings is 1. The summed E-state index contributed by atoms with van der Waals surface area (Å²) in [4.78, 5) is 23.5. The number of thioether (sulfide) groups is 1. The van der Waals surface area contributed by atoms with Crippen molar-refractivity contribution in [1.29, 1.82) is 0 Å². The molecule has 126 valence electrons. The van der Waals surface area contributed by atoms with E-state index in [-0.39, 0.29) is 16.9 Å². The number of Topliss-reactive ketones (excluding diaryl/α,β-unsaturated/α-hetero) is 1. The molecule has 0 bridgehead atoms. The highest BCUT2D eigenvalue weighted by Gasteiger charge is 2.23. The van der Waals surface area contributed by atoms with Crippen molar-refractivity contribution in [2.75, 3.05) is 10.6 Å². The van der Waals surface area contributed by atoms with Crippen LogP contribution in [0.5, 0.6) is 0 Å². The summed E-state index contributed by atoms with van der Waals surface area (Å²) >= 11 is 2.86. The Morgan fingerprint density at radius 3 is 2.58 bits per heavy atom. The van der Waals surface area contributed by atoms with E-state index in [2.05, 4.69) is 20.8 Å². The third-order valence-corrected chi connectivity index (χ3v) is 5.56. The van der Waals surface area contributed by atoms with Gasteiger partial charge in [0.1, 0.15) is 0 Å². The van der Waals surface area contributed by atoms with Crippen molar-refractivity contribution >= 4 is 45.6 Å². The van der Waals surface area contributed by atoms with Gasteiger partial charge in [-0.2, -0.15) is 0 Å². The average molecular weight is 362 g/mol. The normalized spacial score (nSPS) is 14.9. The monoisotopic (exact) mass is 362 g/mol. The second-order valence-electron chi connectivity index (χ2n) is 5.67. The molecule has 0 aliphatic heterocycles. The fourth-order valence-corrected chi connectivity index (χ4v) is 3.93. The molecule has 3 rings (SSSR count). The first-order chi connectivity index (χ1) is 11.5. The van der Waals surface area contributed by atoms with Crippen molar-refractivity contribution in [1.82, 2.24) is 10.2 Å². The second kappa shape index (κ2) is 7.31. The standard InChI is InChI=1S/C16H18N4O2S2/c1-9(21)11-3-5-12(6-4-11)17-14(22)10(2)23-16-20-19-15(24-16)18-13-7-8-13/h3-6,10,13H,7-8H2,1-2H3,(H,17,22)(H,18,19). The van der Waals surface area contributed by atoms with E-state index < -0.39 is 0 Å². The lowest BCUT2D eigenvalue weighted by Crippen LogP contribution is -2.22. The van der Waals surface area contributed by atoms with Crippen molar-refractivity contribution in [2.45, 2.75) is 42.3 Å². The Hall–Kier alpha value is -1.93. The summed E-state index contributed by atoms with van der Waals surface area (Å²) in [6, 6.07) is 7.41. The number of aromatic nitrogens is 2. The van der Waals surface area contributed by atoms with Crippen LogP contribution >= 0.6 is 23.1 Å². The number of nitrogens with one attached hydrogen (secondary N) is 2. The number of carbonyl (C=O) groups excluding carboxylic acids is 2. The summed E-state index contributed by atoms with van der Waals surface area (Å²) in [5.41, 5.74) is 1.30. The van der Waals surface area contributed by atoms with Gasteiger partial charge < -0.3 is 10.6 Å². The number of nitrogens with zero attached hydrogens (tertiary/aromatic N) is 2. The lowest BCUT2D eigenvalue weighted by atomic mass is 10.1. The molecule has 2 aromatic rings. The van der Waals surface area contributed by atoms with Crippen LogP contribution in [0.4, 0.5) is 10.8 Å². The van der Waals surface area contributed by atoms with Gasteiger partial charge in [0, 0.05) is 17.3 Å². The minimum absolute atomic E-state index is 0.00341. The van der Waals surface area contributed by atoms with Crippen LogP contribution in [0.25, 0.3) is 0 Å². The maximum Gasteiger partial charge on any atom is 0.237 e. The van der Waals surface area contributed by atoms with Crippen LogP contribution in [0.3, 0.4) is 0 Å². The van der Waals surface area contributed by atoms with E-state index >= 15 is 0 Å². The smallest absolute Gasteiger partial charge is 0.237 e. The molecule has 1 saturated carbocycles. The molecule has 1 heterocycles. The summed E-state index contributed by atoms with van der Waals surface area (Å²) in [7, 11) is 0. The Morgan fingerprint density at radius 2 is 1.96 bits per heavy atom. The van der Waals surface area contributed by atoms with Crippen LogP contribution in [0.1, 0.15) is 37.0 Å². The molecular formula is C16H18N4O2S2. The van der Waals surface area contributed by atoms with Crippen molar-refractivity contribution in [3.8, 4) is 0 Å². The Morgan fingerprint density at radius 1 is 1.25 bits per heavy atom. The minimum atomic E-state index is -0.292. The van der Waals surface area contributed by atoms with Gasteiger partial charge in [-0.1, -0.05) is 23.1 Å². The molecule has 1 aliphatic rings. The quantitative estimate of drug-likeness (QED) is 0.580. The maximum absolute atomic E-state index is 12.3. The first-order valence-corrected chi connectivity index (χ1v) is 9.39. The van der Waals surface area contributed by atoms with E-state index in [4.69, 9.17) is 0 Å². The zero-order valence-corrected chi connectivity index (χ0v) is 15.0. The van der Waals surface area contributed by atoms with E-state index in [1.54, 1.807) is 24.3 Å². The minimum Gasteiger partial charge on any atom is -0.357 e. The summed E-state index contributed by atoms with van der Waals surface area (Å²) in [6.45, 7) is 3.35. The van der Waals surface area contributed by atoms with Crippen LogP contribution < -0.4 is 10.6 Å². The van der Waals surface area contributed by atoms with Gasteiger partial charge in [-0.3, -0.25) is 9.59 Å². The van der Waals surface area contributed by atoms with Gasteiger partial charge in [-0.25, -0.2) is 0 Å².